The summed E-state index contributed by atoms with van der Waals surface area (Å²) in [6.07, 6.45) is 1.80. The first-order valence-electron chi connectivity index (χ1n) is 10.0. The molecule has 0 atom stereocenters. The van der Waals surface area contributed by atoms with Gasteiger partial charge in [-0.1, -0.05) is 72.3 Å². The Kier molecular flexibility index (Phi) is 6.99. The summed E-state index contributed by atoms with van der Waals surface area (Å²) in [6, 6.07) is 33.4. The van der Waals surface area contributed by atoms with Crippen LogP contribution in [0.5, 0.6) is 11.5 Å². The van der Waals surface area contributed by atoms with Crippen LogP contribution in [-0.4, -0.2) is 6.21 Å². The predicted octanol–water partition coefficient (Wildman–Crippen LogP) is 7.25. The maximum atomic E-state index is 6.13. The maximum Gasteiger partial charge on any atom is 0.132 e. The molecule has 0 aliphatic heterocycles. The van der Waals surface area contributed by atoms with E-state index >= 15 is 0 Å². The van der Waals surface area contributed by atoms with Crippen molar-refractivity contribution in [3.05, 3.63) is 125 Å². The van der Waals surface area contributed by atoms with Crippen LogP contribution in [0, 0.1) is 0 Å². The van der Waals surface area contributed by atoms with Gasteiger partial charge in [0.2, 0.25) is 0 Å². The van der Waals surface area contributed by atoms with Crippen LogP contribution in [-0.2, 0) is 13.2 Å². The highest BCUT2D eigenvalue weighted by molar-refractivity contribution is 6.30. The normalized spacial score (nSPS) is 10.9. The van der Waals surface area contributed by atoms with E-state index in [0.717, 1.165) is 28.1 Å². The van der Waals surface area contributed by atoms with Gasteiger partial charge >= 0.3 is 0 Å². The molecule has 154 valence electrons. The lowest BCUT2D eigenvalue weighted by Gasteiger charge is -2.12. The van der Waals surface area contributed by atoms with Crippen molar-refractivity contribution in [1.29, 1.82) is 0 Å². The van der Waals surface area contributed by atoms with Crippen molar-refractivity contribution < 1.29 is 9.47 Å². The van der Waals surface area contributed by atoms with E-state index in [0.29, 0.717) is 24.0 Å². The molecular formula is C27H22ClNO2. The zero-order valence-corrected chi connectivity index (χ0v) is 17.7. The average molecular weight is 428 g/mol. The van der Waals surface area contributed by atoms with E-state index in [4.69, 9.17) is 21.1 Å². The summed E-state index contributed by atoms with van der Waals surface area (Å²) in [5.41, 5.74) is 3.90. The van der Waals surface area contributed by atoms with Crippen molar-refractivity contribution in [2.45, 2.75) is 13.2 Å². The van der Waals surface area contributed by atoms with Crippen molar-refractivity contribution >= 4 is 23.5 Å². The fourth-order valence-corrected chi connectivity index (χ4v) is 3.11. The summed E-state index contributed by atoms with van der Waals surface area (Å²) in [6.45, 7) is 0.960. The van der Waals surface area contributed by atoms with E-state index in [1.807, 2.05) is 103 Å². The molecule has 0 saturated heterocycles. The van der Waals surface area contributed by atoms with E-state index in [9.17, 15) is 0 Å². The van der Waals surface area contributed by atoms with E-state index in [2.05, 4.69) is 4.99 Å². The molecule has 0 heterocycles. The third-order valence-corrected chi connectivity index (χ3v) is 4.90. The second-order valence-corrected chi connectivity index (χ2v) is 7.42. The monoisotopic (exact) mass is 427 g/mol. The summed E-state index contributed by atoms with van der Waals surface area (Å²) in [7, 11) is 0. The van der Waals surface area contributed by atoms with E-state index in [-0.39, 0.29) is 0 Å². The molecule has 0 aliphatic carbocycles. The van der Waals surface area contributed by atoms with Crippen LogP contribution in [0.1, 0.15) is 16.7 Å². The van der Waals surface area contributed by atoms with Crippen molar-refractivity contribution in [2.75, 3.05) is 0 Å². The lowest BCUT2D eigenvalue weighted by molar-refractivity contribution is 0.289. The van der Waals surface area contributed by atoms with Crippen molar-refractivity contribution in [2.24, 2.45) is 4.99 Å². The van der Waals surface area contributed by atoms with E-state index in [1.54, 1.807) is 6.21 Å². The predicted molar refractivity (Wildman–Crippen MR) is 127 cm³/mol. The van der Waals surface area contributed by atoms with Crippen LogP contribution in [0.15, 0.2) is 108 Å². The Morgan fingerprint density at radius 2 is 1.29 bits per heavy atom. The number of nitrogens with zero attached hydrogens (tertiary/aromatic N) is 1. The van der Waals surface area contributed by atoms with Gasteiger partial charge in [-0.3, -0.25) is 4.99 Å². The minimum absolute atomic E-state index is 0.463. The summed E-state index contributed by atoms with van der Waals surface area (Å²) in [5.74, 6) is 1.46. The van der Waals surface area contributed by atoms with Crippen molar-refractivity contribution in [1.82, 2.24) is 0 Å². The van der Waals surface area contributed by atoms with Crippen LogP contribution < -0.4 is 9.47 Å². The lowest BCUT2D eigenvalue weighted by Crippen LogP contribution is -2.00. The summed E-state index contributed by atoms with van der Waals surface area (Å²) >= 11 is 5.96. The Bertz CT molecular complexity index is 1130. The first kappa shape index (κ1) is 20.7. The first-order valence-corrected chi connectivity index (χ1v) is 10.4. The Morgan fingerprint density at radius 3 is 1.94 bits per heavy atom. The molecule has 3 nitrogen and oxygen atoms in total. The molecule has 0 aliphatic rings. The molecule has 0 fully saturated rings. The first-order chi connectivity index (χ1) is 15.3. The highest BCUT2D eigenvalue weighted by Gasteiger charge is 2.06. The summed E-state index contributed by atoms with van der Waals surface area (Å²) in [5, 5.41) is 0.686. The van der Waals surface area contributed by atoms with Gasteiger partial charge in [0.05, 0.1) is 5.69 Å². The molecule has 0 aromatic heterocycles. The zero-order valence-electron chi connectivity index (χ0n) is 16.9. The molecule has 0 N–H and O–H groups in total. The van der Waals surface area contributed by atoms with Crippen molar-refractivity contribution in [3.8, 4) is 11.5 Å². The van der Waals surface area contributed by atoms with Gasteiger partial charge in [-0.05, 0) is 47.5 Å². The number of rotatable bonds is 8. The molecular weight excluding hydrogens is 406 g/mol. The van der Waals surface area contributed by atoms with Crippen LogP contribution in [0.4, 0.5) is 5.69 Å². The lowest BCUT2D eigenvalue weighted by atomic mass is 10.2. The number of ether oxygens (including phenoxy) is 2. The second kappa shape index (κ2) is 10.5. The fourth-order valence-electron chi connectivity index (χ4n) is 2.98. The molecule has 4 heteroatoms. The molecule has 0 saturated carbocycles. The standard InChI is InChI=1S/C27H22ClNO2/c28-24-12-14-25(15-13-24)29-18-23-11-16-26(30-19-21-7-3-1-4-8-21)17-27(23)31-20-22-9-5-2-6-10-22/h1-18H,19-20H2. The van der Waals surface area contributed by atoms with Gasteiger partial charge in [0, 0.05) is 22.9 Å². The van der Waals surface area contributed by atoms with Gasteiger partial charge in [-0.15, -0.1) is 0 Å². The number of hydrogen-bond donors (Lipinski definition) is 0. The number of benzene rings is 4. The smallest absolute Gasteiger partial charge is 0.132 e. The number of aliphatic imine (C=N–C) groups is 1. The molecule has 0 bridgehead atoms. The molecule has 4 aromatic carbocycles. The van der Waals surface area contributed by atoms with Crippen LogP contribution in [0.3, 0.4) is 0 Å². The molecule has 0 amide bonds. The molecule has 31 heavy (non-hydrogen) atoms. The van der Waals surface area contributed by atoms with Gasteiger partial charge in [0.15, 0.2) is 0 Å². The molecule has 4 rings (SSSR count). The third kappa shape index (κ3) is 6.21. The summed E-state index contributed by atoms with van der Waals surface area (Å²) in [4.78, 5) is 4.55. The largest absolute Gasteiger partial charge is 0.489 e. The van der Waals surface area contributed by atoms with E-state index in [1.165, 1.54) is 0 Å². The molecule has 0 radical (unpaired) electrons. The highest BCUT2D eigenvalue weighted by Crippen LogP contribution is 2.26. The van der Waals surface area contributed by atoms with Gasteiger partial charge < -0.3 is 9.47 Å². The van der Waals surface area contributed by atoms with Crippen molar-refractivity contribution in [3.63, 3.8) is 0 Å². The Morgan fingerprint density at radius 1 is 0.677 bits per heavy atom. The van der Waals surface area contributed by atoms with Crippen LogP contribution in [0.25, 0.3) is 0 Å². The Hall–Kier alpha value is -3.56. The number of hydrogen-bond acceptors (Lipinski definition) is 3. The Balaban J connectivity index is 1.54. The zero-order chi connectivity index (χ0) is 21.3. The minimum atomic E-state index is 0.463. The SMILES string of the molecule is Clc1ccc(N=Cc2ccc(OCc3ccccc3)cc2OCc2ccccc2)cc1. The topological polar surface area (TPSA) is 30.8 Å². The van der Waals surface area contributed by atoms with Gasteiger partial charge in [-0.2, -0.15) is 0 Å². The van der Waals surface area contributed by atoms with Gasteiger partial charge in [0.1, 0.15) is 24.7 Å². The molecule has 0 spiro atoms. The Labute approximate surface area is 187 Å². The maximum absolute atomic E-state index is 6.13. The fraction of sp³-hybridized carbons (Fsp3) is 0.0741. The highest BCUT2D eigenvalue weighted by atomic mass is 35.5. The third-order valence-electron chi connectivity index (χ3n) is 4.65. The summed E-state index contributed by atoms with van der Waals surface area (Å²) < 4.78 is 12.1. The van der Waals surface area contributed by atoms with E-state index < -0.39 is 0 Å². The number of halogens is 1. The quantitative estimate of drug-likeness (QED) is 0.277. The second-order valence-electron chi connectivity index (χ2n) is 6.98. The molecule has 4 aromatic rings. The van der Waals surface area contributed by atoms with Crippen LogP contribution >= 0.6 is 11.6 Å². The van der Waals surface area contributed by atoms with Gasteiger partial charge in [-0.25, -0.2) is 0 Å². The van der Waals surface area contributed by atoms with Crippen LogP contribution in [0.2, 0.25) is 5.02 Å². The molecule has 0 unspecified atom stereocenters. The minimum Gasteiger partial charge on any atom is -0.489 e. The van der Waals surface area contributed by atoms with Gasteiger partial charge in [0.25, 0.3) is 0 Å². The average Bonchev–Trinajstić information content (AvgIpc) is 2.83.